The first-order chi connectivity index (χ1) is 14.3. The lowest BCUT2D eigenvalue weighted by Gasteiger charge is -2.27. The predicted molar refractivity (Wildman–Crippen MR) is 101 cm³/mol. The van der Waals surface area contributed by atoms with Gasteiger partial charge >= 0.3 is 0 Å². The number of hydrogen-bond donors (Lipinski definition) is 2. The number of nitrogens with one attached hydrogen (secondary N) is 2. The summed E-state index contributed by atoms with van der Waals surface area (Å²) >= 11 is 0. The van der Waals surface area contributed by atoms with Crippen molar-refractivity contribution >= 4 is 29.3 Å². The van der Waals surface area contributed by atoms with Gasteiger partial charge in [-0.1, -0.05) is 5.16 Å². The van der Waals surface area contributed by atoms with E-state index in [4.69, 9.17) is 4.52 Å². The normalized spacial score (nSPS) is 18.6. The average molecular weight is 414 g/mol. The quantitative estimate of drug-likeness (QED) is 0.711. The summed E-state index contributed by atoms with van der Waals surface area (Å²) in [6.07, 6.45) is 0.598. The Bertz CT molecular complexity index is 1070. The van der Waals surface area contributed by atoms with E-state index < -0.39 is 35.5 Å². The molecule has 1 atom stereocenters. The number of carbonyl (C=O) groups is 4. The molecule has 4 rings (SSSR count). The van der Waals surface area contributed by atoms with Gasteiger partial charge in [0, 0.05) is 18.5 Å². The number of piperidine rings is 1. The maximum atomic E-state index is 14.6. The van der Waals surface area contributed by atoms with E-state index in [2.05, 4.69) is 15.8 Å². The molecule has 2 aliphatic rings. The Morgan fingerprint density at radius 2 is 1.90 bits per heavy atom. The molecule has 0 saturated carbocycles. The first-order valence-corrected chi connectivity index (χ1v) is 9.48. The van der Waals surface area contributed by atoms with Gasteiger partial charge in [-0.3, -0.25) is 29.4 Å². The van der Waals surface area contributed by atoms with E-state index in [1.54, 1.807) is 6.92 Å². The van der Waals surface area contributed by atoms with Crippen molar-refractivity contribution in [2.24, 2.45) is 0 Å². The predicted octanol–water partition coefficient (Wildman–Crippen LogP) is 1.49. The summed E-state index contributed by atoms with van der Waals surface area (Å²) in [6.45, 7) is 3.96. The Morgan fingerprint density at radius 3 is 2.53 bits per heavy atom. The van der Waals surface area contributed by atoms with E-state index in [-0.39, 0.29) is 29.7 Å². The molecular weight excluding hydrogens is 395 g/mol. The van der Waals surface area contributed by atoms with Crippen molar-refractivity contribution in [3.63, 3.8) is 0 Å². The molecule has 3 heterocycles. The van der Waals surface area contributed by atoms with Crippen LogP contribution in [0, 0.1) is 19.7 Å². The largest absolute Gasteiger partial charge is 0.382 e. The zero-order valence-corrected chi connectivity index (χ0v) is 16.4. The molecule has 10 heteroatoms. The molecule has 1 unspecified atom stereocenters. The number of halogens is 1. The van der Waals surface area contributed by atoms with E-state index in [1.165, 1.54) is 6.07 Å². The van der Waals surface area contributed by atoms with Crippen LogP contribution in [0.1, 0.15) is 50.6 Å². The Labute approximate surface area is 170 Å². The van der Waals surface area contributed by atoms with E-state index in [0.29, 0.717) is 18.7 Å². The minimum atomic E-state index is -1.09. The topological polar surface area (TPSA) is 122 Å². The number of fused-ring (bicyclic) bond motifs is 1. The third kappa shape index (κ3) is 3.23. The summed E-state index contributed by atoms with van der Waals surface area (Å²) in [5.41, 5.74) is 1.67. The molecule has 9 nitrogen and oxygen atoms in total. The number of aryl methyl sites for hydroxylation is 2. The summed E-state index contributed by atoms with van der Waals surface area (Å²) in [4.78, 5) is 49.7. The van der Waals surface area contributed by atoms with E-state index in [9.17, 15) is 23.6 Å². The Morgan fingerprint density at radius 1 is 1.20 bits per heavy atom. The van der Waals surface area contributed by atoms with Crippen LogP contribution in [0.4, 0.5) is 10.1 Å². The van der Waals surface area contributed by atoms with Crippen LogP contribution in [-0.4, -0.2) is 46.3 Å². The monoisotopic (exact) mass is 414 g/mol. The fourth-order valence-electron chi connectivity index (χ4n) is 3.81. The van der Waals surface area contributed by atoms with Gasteiger partial charge in [-0.05, 0) is 38.8 Å². The highest BCUT2D eigenvalue weighted by Gasteiger charge is 2.45. The molecule has 1 aromatic heterocycles. The van der Waals surface area contributed by atoms with Crippen LogP contribution >= 0.6 is 0 Å². The molecule has 0 radical (unpaired) electrons. The molecule has 156 valence electrons. The highest BCUT2D eigenvalue weighted by molar-refractivity contribution is 6.23. The Kier molecular flexibility index (Phi) is 4.84. The first kappa shape index (κ1) is 19.7. The second kappa shape index (κ2) is 7.36. The number of amides is 4. The van der Waals surface area contributed by atoms with Crippen molar-refractivity contribution in [2.45, 2.75) is 39.2 Å². The number of rotatable bonds is 5. The summed E-state index contributed by atoms with van der Waals surface area (Å²) in [5.74, 6) is -2.59. The van der Waals surface area contributed by atoms with Gasteiger partial charge in [0.2, 0.25) is 11.8 Å². The van der Waals surface area contributed by atoms with Gasteiger partial charge in [0.05, 0.1) is 22.5 Å². The zero-order chi connectivity index (χ0) is 21.6. The Hall–Kier alpha value is -3.56. The van der Waals surface area contributed by atoms with Crippen LogP contribution in [-0.2, 0) is 16.0 Å². The number of anilines is 1. The lowest BCUT2D eigenvalue weighted by atomic mass is 10.0. The molecule has 2 N–H and O–H groups in total. The van der Waals surface area contributed by atoms with Crippen molar-refractivity contribution in [3.05, 3.63) is 46.1 Å². The number of imide groups is 2. The molecule has 1 saturated heterocycles. The van der Waals surface area contributed by atoms with Crippen molar-refractivity contribution in [1.82, 2.24) is 15.4 Å². The number of hydrogen-bond acceptors (Lipinski definition) is 7. The summed E-state index contributed by atoms with van der Waals surface area (Å²) in [7, 11) is 0. The molecule has 0 bridgehead atoms. The van der Waals surface area contributed by atoms with Crippen LogP contribution in [0.25, 0.3) is 0 Å². The van der Waals surface area contributed by atoms with Gasteiger partial charge in [-0.15, -0.1) is 0 Å². The zero-order valence-electron chi connectivity index (χ0n) is 16.4. The van der Waals surface area contributed by atoms with Crippen molar-refractivity contribution in [3.8, 4) is 0 Å². The molecule has 1 aromatic carbocycles. The standard InChI is InChI=1S/C20H19FN4O5/c1-9-11(10(2)30-24-9)5-6-22-15-8-13-12(7-14(15)21)19(28)25(20(13)29)16-3-4-17(26)23-18(16)27/h7-8,16,22H,3-6H2,1-2H3,(H,23,26,27). The lowest BCUT2D eigenvalue weighted by molar-refractivity contribution is -0.136. The van der Waals surface area contributed by atoms with Crippen molar-refractivity contribution < 1.29 is 28.1 Å². The molecule has 4 amide bonds. The van der Waals surface area contributed by atoms with Crippen LogP contribution in [0.3, 0.4) is 0 Å². The third-order valence-electron chi connectivity index (χ3n) is 5.40. The highest BCUT2D eigenvalue weighted by Crippen LogP contribution is 2.31. The van der Waals surface area contributed by atoms with Gasteiger partial charge in [-0.25, -0.2) is 4.39 Å². The van der Waals surface area contributed by atoms with Gasteiger partial charge in [0.1, 0.15) is 17.6 Å². The van der Waals surface area contributed by atoms with Crippen molar-refractivity contribution in [1.29, 1.82) is 0 Å². The fourth-order valence-corrected chi connectivity index (χ4v) is 3.81. The molecule has 0 aliphatic carbocycles. The number of nitrogens with zero attached hydrogens (tertiary/aromatic N) is 2. The number of carbonyl (C=O) groups excluding carboxylic acids is 4. The maximum Gasteiger partial charge on any atom is 0.262 e. The van der Waals surface area contributed by atoms with Gasteiger partial charge in [0.15, 0.2) is 0 Å². The van der Waals surface area contributed by atoms with Gasteiger partial charge < -0.3 is 9.84 Å². The summed E-state index contributed by atoms with van der Waals surface area (Å²) in [6, 6.07) is 1.19. The van der Waals surface area contributed by atoms with Crippen LogP contribution in [0.2, 0.25) is 0 Å². The molecule has 1 fully saturated rings. The smallest absolute Gasteiger partial charge is 0.262 e. The molecule has 2 aliphatic heterocycles. The SMILES string of the molecule is Cc1noc(C)c1CCNc1cc2c(cc1F)C(=O)N(C1CCC(=O)NC1=O)C2=O. The molecule has 30 heavy (non-hydrogen) atoms. The van der Waals surface area contributed by atoms with E-state index >= 15 is 0 Å². The molecule has 0 spiro atoms. The van der Waals surface area contributed by atoms with Gasteiger partial charge in [0.25, 0.3) is 11.8 Å². The second-order valence-corrected chi connectivity index (χ2v) is 7.30. The van der Waals surface area contributed by atoms with E-state index in [0.717, 1.165) is 22.2 Å². The highest BCUT2D eigenvalue weighted by atomic mass is 19.1. The summed E-state index contributed by atoms with van der Waals surface area (Å²) in [5, 5.41) is 8.92. The van der Waals surface area contributed by atoms with Crippen LogP contribution in [0.15, 0.2) is 16.7 Å². The van der Waals surface area contributed by atoms with Crippen LogP contribution < -0.4 is 10.6 Å². The maximum absolute atomic E-state index is 14.6. The van der Waals surface area contributed by atoms with Gasteiger partial charge in [-0.2, -0.15) is 0 Å². The summed E-state index contributed by atoms with van der Waals surface area (Å²) < 4.78 is 19.7. The minimum absolute atomic E-state index is 0.0194. The first-order valence-electron chi connectivity index (χ1n) is 9.48. The van der Waals surface area contributed by atoms with Crippen molar-refractivity contribution in [2.75, 3.05) is 11.9 Å². The Balaban J connectivity index is 1.53. The molecule has 2 aromatic rings. The van der Waals surface area contributed by atoms with Crippen LogP contribution in [0.5, 0.6) is 0 Å². The minimum Gasteiger partial charge on any atom is -0.382 e. The van der Waals surface area contributed by atoms with E-state index in [1.807, 2.05) is 6.92 Å². The number of benzene rings is 1. The second-order valence-electron chi connectivity index (χ2n) is 7.30. The lowest BCUT2D eigenvalue weighted by Crippen LogP contribution is -2.54. The number of aromatic nitrogens is 1. The molecular formula is C20H19FN4O5. The fraction of sp³-hybridized carbons (Fsp3) is 0.350. The third-order valence-corrected chi connectivity index (χ3v) is 5.40. The average Bonchev–Trinajstić information content (AvgIpc) is 3.13.